The number of benzene rings is 1. The van der Waals surface area contributed by atoms with Crippen LogP contribution in [0.1, 0.15) is 30.4 Å². The van der Waals surface area contributed by atoms with Crippen LogP contribution < -0.4 is 10.1 Å². The number of hydrogen-bond donors (Lipinski definition) is 1. The van der Waals surface area contributed by atoms with E-state index < -0.39 is 0 Å². The van der Waals surface area contributed by atoms with Crippen LogP contribution in [0.2, 0.25) is 0 Å². The van der Waals surface area contributed by atoms with Gasteiger partial charge in [-0.05, 0) is 82.4 Å². The number of ether oxygens (including phenoxy) is 1. The molecule has 122 valence electrons. The molecule has 1 saturated heterocycles. The molecule has 1 heterocycles. The van der Waals surface area contributed by atoms with Gasteiger partial charge < -0.3 is 15.0 Å². The molecule has 1 amide bonds. The van der Waals surface area contributed by atoms with E-state index >= 15 is 0 Å². The number of nitrogens with one attached hydrogen (secondary N) is 1. The normalized spacial score (nSPS) is 16.5. The first kappa shape index (κ1) is 16.8. The second kappa shape index (κ2) is 8.18. The predicted molar refractivity (Wildman–Crippen MR) is 89.3 cm³/mol. The van der Waals surface area contributed by atoms with E-state index in [0.717, 1.165) is 24.6 Å². The van der Waals surface area contributed by atoms with Crippen molar-refractivity contribution in [2.24, 2.45) is 5.92 Å². The number of carbonyl (C=O) groups excluding carboxylic acids is 1. The summed E-state index contributed by atoms with van der Waals surface area (Å²) in [6, 6.07) is 5.90. The van der Waals surface area contributed by atoms with Crippen LogP contribution in [0.15, 0.2) is 18.2 Å². The van der Waals surface area contributed by atoms with Gasteiger partial charge in [0.1, 0.15) is 5.75 Å². The van der Waals surface area contributed by atoms with Gasteiger partial charge in [0.2, 0.25) is 0 Å². The zero-order valence-corrected chi connectivity index (χ0v) is 14.0. The average molecular weight is 304 g/mol. The van der Waals surface area contributed by atoms with E-state index in [2.05, 4.69) is 24.2 Å². The van der Waals surface area contributed by atoms with E-state index in [9.17, 15) is 4.79 Å². The van der Waals surface area contributed by atoms with Gasteiger partial charge in [0, 0.05) is 6.54 Å². The Morgan fingerprint density at radius 2 is 2.00 bits per heavy atom. The minimum Gasteiger partial charge on any atom is -0.484 e. The van der Waals surface area contributed by atoms with Crippen molar-refractivity contribution in [1.82, 2.24) is 10.2 Å². The number of likely N-dealkylation sites (tertiary alicyclic amines) is 1. The van der Waals surface area contributed by atoms with E-state index in [0.29, 0.717) is 0 Å². The summed E-state index contributed by atoms with van der Waals surface area (Å²) in [6.45, 7) is 7.31. The number of aryl methyl sites for hydroxylation is 2. The quantitative estimate of drug-likeness (QED) is 0.878. The molecular weight excluding hydrogens is 276 g/mol. The van der Waals surface area contributed by atoms with Gasteiger partial charge in [-0.25, -0.2) is 0 Å². The molecule has 4 heteroatoms. The zero-order valence-electron chi connectivity index (χ0n) is 14.0. The van der Waals surface area contributed by atoms with Crippen LogP contribution >= 0.6 is 0 Å². The second-order valence-corrected chi connectivity index (χ2v) is 6.42. The van der Waals surface area contributed by atoms with Crippen LogP contribution in [0.25, 0.3) is 0 Å². The number of amides is 1. The van der Waals surface area contributed by atoms with Gasteiger partial charge in [0.05, 0.1) is 0 Å². The number of piperidine rings is 1. The Morgan fingerprint density at radius 3 is 2.68 bits per heavy atom. The van der Waals surface area contributed by atoms with Crippen molar-refractivity contribution in [3.8, 4) is 5.75 Å². The summed E-state index contributed by atoms with van der Waals surface area (Å²) in [6.07, 6.45) is 3.56. The van der Waals surface area contributed by atoms with Crippen LogP contribution in [0.5, 0.6) is 5.75 Å². The molecule has 22 heavy (non-hydrogen) atoms. The molecule has 0 radical (unpaired) electrons. The molecule has 1 aromatic rings. The van der Waals surface area contributed by atoms with Gasteiger partial charge in [-0.3, -0.25) is 4.79 Å². The van der Waals surface area contributed by atoms with Crippen molar-refractivity contribution in [3.63, 3.8) is 0 Å². The lowest BCUT2D eigenvalue weighted by atomic mass is 9.94. The van der Waals surface area contributed by atoms with Gasteiger partial charge in [-0.1, -0.05) is 6.07 Å². The fourth-order valence-corrected chi connectivity index (χ4v) is 2.77. The van der Waals surface area contributed by atoms with Crippen LogP contribution in [-0.4, -0.2) is 44.1 Å². The lowest BCUT2D eigenvalue weighted by Gasteiger charge is -2.28. The van der Waals surface area contributed by atoms with Crippen molar-refractivity contribution < 1.29 is 9.53 Å². The summed E-state index contributed by atoms with van der Waals surface area (Å²) in [5.41, 5.74) is 2.41. The van der Waals surface area contributed by atoms with Crippen molar-refractivity contribution in [1.29, 1.82) is 0 Å². The third kappa shape index (κ3) is 5.34. The number of rotatable bonds is 6. The highest BCUT2D eigenvalue weighted by Crippen LogP contribution is 2.19. The Hall–Kier alpha value is -1.55. The van der Waals surface area contributed by atoms with Gasteiger partial charge >= 0.3 is 0 Å². The summed E-state index contributed by atoms with van der Waals surface area (Å²) in [5, 5.41) is 2.96. The van der Waals surface area contributed by atoms with Gasteiger partial charge in [0.25, 0.3) is 5.91 Å². The Bertz CT molecular complexity index is 494. The summed E-state index contributed by atoms with van der Waals surface area (Å²) < 4.78 is 5.54. The van der Waals surface area contributed by atoms with E-state index in [-0.39, 0.29) is 12.5 Å². The fraction of sp³-hybridized carbons (Fsp3) is 0.611. The Balaban J connectivity index is 1.62. The summed E-state index contributed by atoms with van der Waals surface area (Å²) >= 11 is 0. The molecule has 0 atom stereocenters. The highest BCUT2D eigenvalue weighted by molar-refractivity contribution is 5.77. The van der Waals surface area contributed by atoms with E-state index in [1.807, 2.05) is 25.1 Å². The van der Waals surface area contributed by atoms with Crippen molar-refractivity contribution in [2.75, 3.05) is 33.3 Å². The number of carbonyl (C=O) groups is 1. The Kier molecular flexibility index (Phi) is 6.25. The standard InChI is InChI=1S/C18H28N2O2/c1-14-4-5-17(12-15(14)2)22-13-18(21)19-9-6-16-7-10-20(3)11-8-16/h4-5,12,16H,6-11,13H2,1-3H3,(H,19,21). The summed E-state index contributed by atoms with van der Waals surface area (Å²) in [5.74, 6) is 1.47. The first-order valence-electron chi connectivity index (χ1n) is 8.20. The largest absolute Gasteiger partial charge is 0.484 e. The molecule has 0 saturated carbocycles. The van der Waals surface area contributed by atoms with Crippen LogP contribution in [0, 0.1) is 19.8 Å². The lowest BCUT2D eigenvalue weighted by Crippen LogP contribution is -2.34. The number of hydrogen-bond acceptors (Lipinski definition) is 3. The van der Waals surface area contributed by atoms with Crippen LogP contribution in [-0.2, 0) is 4.79 Å². The molecule has 1 aliphatic heterocycles. The maximum atomic E-state index is 11.8. The Morgan fingerprint density at radius 1 is 1.27 bits per heavy atom. The smallest absolute Gasteiger partial charge is 0.257 e. The zero-order chi connectivity index (χ0) is 15.9. The first-order chi connectivity index (χ1) is 10.5. The molecule has 1 aliphatic rings. The highest BCUT2D eigenvalue weighted by Gasteiger charge is 2.16. The third-order valence-electron chi connectivity index (χ3n) is 4.56. The average Bonchev–Trinajstić information content (AvgIpc) is 2.50. The molecular formula is C18H28N2O2. The van der Waals surface area contributed by atoms with E-state index in [4.69, 9.17) is 4.74 Å². The summed E-state index contributed by atoms with van der Waals surface area (Å²) in [7, 11) is 2.17. The van der Waals surface area contributed by atoms with E-state index in [1.54, 1.807) is 0 Å². The maximum absolute atomic E-state index is 11.8. The SMILES string of the molecule is Cc1ccc(OCC(=O)NCCC2CCN(C)CC2)cc1C. The van der Waals surface area contributed by atoms with Crippen LogP contribution in [0.4, 0.5) is 0 Å². The number of nitrogens with zero attached hydrogens (tertiary/aromatic N) is 1. The second-order valence-electron chi connectivity index (χ2n) is 6.42. The molecule has 1 N–H and O–H groups in total. The fourth-order valence-electron chi connectivity index (χ4n) is 2.77. The predicted octanol–water partition coefficient (Wildman–Crippen LogP) is 2.53. The topological polar surface area (TPSA) is 41.6 Å². The summed E-state index contributed by atoms with van der Waals surface area (Å²) in [4.78, 5) is 14.2. The molecule has 1 aromatic carbocycles. The van der Waals surface area contributed by atoms with Crippen molar-refractivity contribution in [2.45, 2.75) is 33.1 Å². The van der Waals surface area contributed by atoms with E-state index in [1.165, 1.54) is 37.1 Å². The molecule has 0 aromatic heterocycles. The minimum atomic E-state index is -0.0360. The van der Waals surface area contributed by atoms with Crippen molar-refractivity contribution >= 4 is 5.91 Å². The lowest BCUT2D eigenvalue weighted by molar-refractivity contribution is -0.123. The highest BCUT2D eigenvalue weighted by atomic mass is 16.5. The molecule has 1 fully saturated rings. The maximum Gasteiger partial charge on any atom is 0.257 e. The molecule has 0 bridgehead atoms. The first-order valence-corrected chi connectivity index (χ1v) is 8.20. The molecule has 0 aliphatic carbocycles. The van der Waals surface area contributed by atoms with Crippen LogP contribution in [0.3, 0.4) is 0 Å². The third-order valence-corrected chi connectivity index (χ3v) is 4.56. The molecule has 0 unspecified atom stereocenters. The minimum absolute atomic E-state index is 0.0360. The van der Waals surface area contributed by atoms with Gasteiger partial charge in [0.15, 0.2) is 6.61 Å². The van der Waals surface area contributed by atoms with Gasteiger partial charge in [-0.2, -0.15) is 0 Å². The molecule has 2 rings (SSSR count). The molecule has 0 spiro atoms. The molecule has 4 nitrogen and oxygen atoms in total. The monoisotopic (exact) mass is 304 g/mol. The Labute approximate surface area is 133 Å². The van der Waals surface area contributed by atoms with Crippen molar-refractivity contribution in [3.05, 3.63) is 29.3 Å². The van der Waals surface area contributed by atoms with Gasteiger partial charge in [-0.15, -0.1) is 0 Å².